The van der Waals surface area contributed by atoms with Gasteiger partial charge >= 0.3 is 6.09 Å². The number of carbonyl (C=O) groups is 2. The minimum Gasteiger partial charge on any atom is -0.447 e. The van der Waals surface area contributed by atoms with Crippen molar-refractivity contribution in [1.82, 2.24) is 23.8 Å². The van der Waals surface area contributed by atoms with Crippen LogP contribution < -0.4 is 4.90 Å². The molecular weight excluding hydrogens is 344 g/mol. The highest BCUT2D eigenvalue weighted by molar-refractivity contribution is 7.09. The maximum atomic E-state index is 12.1. The van der Waals surface area contributed by atoms with E-state index in [0.717, 1.165) is 5.69 Å². The lowest BCUT2D eigenvalue weighted by molar-refractivity contribution is -0.131. The maximum absolute atomic E-state index is 12.1. The number of amides is 2. The van der Waals surface area contributed by atoms with Crippen molar-refractivity contribution in [2.75, 3.05) is 24.6 Å². The van der Waals surface area contributed by atoms with Gasteiger partial charge in [-0.2, -0.15) is 4.37 Å². The van der Waals surface area contributed by atoms with Gasteiger partial charge in [0.15, 0.2) is 16.6 Å². The van der Waals surface area contributed by atoms with Crippen molar-refractivity contribution in [1.29, 1.82) is 0 Å². The van der Waals surface area contributed by atoms with Crippen LogP contribution in [0, 0.1) is 6.92 Å². The molecule has 25 heavy (non-hydrogen) atoms. The molecule has 4 rings (SSSR count). The number of aryl methyl sites for hydroxylation is 1. The number of hydrogen-bond donors (Lipinski definition) is 0. The summed E-state index contributed by atoms with van der Waals surface area (Å²) < 4.78 is 11.4. The summed E-state index contributed by atoms with van der Waals surface area (Å²) in [6.07, 6.45) is -0.409. The molecule has 0 saturated carbocycles. The van der Waals surface area contributed by atoms with Crippen LogP contribution in [0.4, 0.5) is 10.6 Å². The van der Waals surface area contributed by atoms with Gasteiger partial charge in [0.05, 0.1) is 18.3 Å². The van der Waals surface area contributed by atoms with Gasteiger partial charge in [-0.25, -0.2) is 14.8 Å². The molecule has 1 unspecified atom stereocenters. The normalized spacial score (nSPS) is 20.0. The molecule has 0 aromatic carbocycles. The monoisotopic (exact) mass is 362 g/mol. The average Bonchev–Trinajstić information content (AvgIpc) is 3.25. The largest absolute Gasteiger partial charge is 0.447 e. The molecular formula is C15H18N6O3S. The van der Waals surface area contributed by atoms with E-state index in [-0.39, 0.29) is 11.9 Å². The second kappa shape index (κ2) is 5.80. The van der Waals surface area contributed by atoms with E-state index in [9.17, 15) is 9.59 Å². The predicted octanol–water partition coefficient (Wildman–Crippen LogP) is 1.59. The first-order valence-electron chi connectivity index (χ1n) is 8.10. The third-order valence-electron chi connectivity index (χ3n) is 4.55. The van der Waals surface area contributed by atoms with E-state index in [1.165, 1.54) is 16.4 Å². The molecule has 2 amide bonds. The summed E-state index contributed by atoms with van der Waals surface area (Å²) in [5, 5.41) is 0.709. The number of hydrogen-bond acceptors (Lipinski definition) is 7. The number of ether oxygens (including phenoxy) is 1. The van der Waals surface area contributed by atoms with Crippen molar-refractivity contribution >= 4 is 29.4 Å². The molecule has 132 valence electrons. The first kappa shape index (κ1) is 16.0. The van der Waals surface area contributed by atoms with Crippen LogP contribution in [0.1, 0.15) is 31.4 Å². The molecule has 2 aromatic rings. The Morgan fingerprint density at radius 2 is 2.08 bits per heavy atom. The fourth-order valence-corrected chi connectivity index (χ4v) is 4.08. The predicted molar refractivity (Wildman–Crippen MR) is 90.4 cm³/mol. The Hall–Kier alpha value is -2.49. The van der Waals surface area contributed by atoms with Crippen LogP contribution >= 0.6 is 11.5 Å². The summed E-state index contributed by atoms with van der Waals surface area (Å²) in [4.78, 5) is 36.5. The molecule has 0 N–H and O–H groups in total. The molecule has 2 aliphatic rings. The third kappa shape index (κ3) is 2.48. The highest BCUT2D eigenvalue weighted by Gasteiger charge is 2.37. The van der Waals surface area contributed by atoms with Gasteiger partial charge in [0.2, 0.25) is 5.91 Å². The quantitative estimate of drug-likeness (QED) is 0.805. The number of imidazole rings is 1. The van der Waals surface area contributed by atoms with E-state index in [0.29, 0.717) is 48.7 Å². The molecule has 0 radical (unpaired) electrons. The van der Waals surface area contributed by atoms with Crippen LogP contribution in [0.2, 0.25) is 0 Å². The molecule has 1 atom stereocenters. The Morgan fingerprint density at radius 1 is 1.28 bits per heavy atom. The van der Waals surface area contributed by atoms with Crippen LogP contribution in [0.25, 0.3) is 10.8 Å². The van der Waals surface area contributed by atoms with Gasteiger partial charge in [-0.15, -0.1) is 0 Å². The first-order chi connectivity index (χ1) is 12.0. The number of aromatic nitrogens is 4. The van der Waals surface area contributed by atoms with E-state index >= 15 is 0 Å². The molecule has 0 spiro atoms. The number of rotatable bonds is 2. The second-order valence-corrected chi connectivity index (χ2v) is 6.85. The van der Waals surface area contributed by atoms with Crippen molar-refractivity contribution in [3.63, 3.8) is 0 Å². The molecule has 2 aliphatic heterocycles. The molecule has 10 heteroatoms. The molecule has 1 saturated heterocycles. The van der Waals surface area contributed by atoms with Crippen LogP contribution in [0.3, 0.4) is 0 Å². The summed E-state index contributed by atoms with van der Waals surface area (Å²) in [6.45, 7) is 7.32. The Morgan fingerprint density at radius 3 is 2.68 bits per heavy atom. The Bertz CT molecular complexity index is 860. The number of fused-ring (bicyclic) bond motifs is 1. The summed E-state index contributed by atoms with van der Waals surface area (Å²) >= 11 is 1.28. The molecule has 0 bridgehead atoms. The SMILES string of the molecule is CC(=O)N1CCn2c(-c3nc(C)ns3)nc(N3CCOC3=O)c2C1C. The van der Waals surface area contributed by atoms with E-state index in [1.807, 2.05) is 18.4 Å². The number of anilines is 1. The van der Waals surface area contributed by atoms with Gasteiger partial charge in [0, 0.05) is 20.0 Å². The van der Waals surface area contributed by atoms with Crippen LogP contribution in [0.15, 0.2) is 0 Å². The fourth-order valence-electron chi connectivity index (χ4n) is 3.41. The molecule has 4 heterocycles. The highest BCUT2D eigenvalue weighted by atomic mass is 32.1. The minimum atomic E-state index is -0.409. The topological polar surface area (TPSA) is 93.5 Å². The minimum absolute atomic E-state index is 0.00297. The van der Waals surface area contributed by atoms with Crippen LogP contribution in [-0.4, -0.2) is 55.5 Å². The lowest BCUT2D eigenvalue weighted by atomic mass is 10.1. The second-order valence-electron chi connectivity index (χ2n) is 6.10. The zero-order valence-corrected chi connectivity index (χ0v) is 15.0. The van der Waals surface area contributed by atoms with Crippen molar-refractivity contribution < 1.29 is 14.3 Å². The molecule has 9 nitrogen and oxygen atoms in total. The standard InChI is InChI=1S/C15H18N6O3S/c1-8-11-12(21-6-7-24-15(21)23)17-13(14-16-9(2)18-25-14)20(11)5-4-19(8)10(3)22/h8H,4-7H2,1-3H3. The number of carbonyl (C=O) groups excluding carboxylic acids is 2. The summed E-state index contributed by atoms with van der Waals surface area (Å²) in [7, 11) is 0. The molecule has 0 aliphatic carbocycles. The number of nitrogens with zero attached hydrogens (tertiary/aromatic N) is 6. The zero-order valence-electron chi connectivity index (χ0n) is 14.2. The third-order valence-corrected chi connectivity index (χ3v) is 5.36. The Labute approximate surface area is 148 Å². The van der Waals surface area contributed by atoms with Gasteiger partial charge in [-0.1, -0.05) is 0 Å². The Kier molecular flexibility index (Phi) is 3.71. The van der Waals surface area contributed by atoms with E-state index < -0.39 is 6.09 Å². The van der Waals surface area contributed by atoms with Crippen molar-refractivity contribution in [2.24, 2.45) is 0 Å². The average molecular weight is 362 g/mol. The van der Waals surface area contributed by atoms with Gasteiger partial charge in [0.1, 0.15) is 12.4 Å². The van der Waals surface area contributed by atoms with E-state index in [1.54, 1.807) is 11.8 Å². The number of cyclic esters (lactones) is 1. The molecule has 1 fully saturated rings. The zero-order chi connectivity index (χ0) is 17.7. The van der Waals surface area contributed by atoms with Gasteiger partial charge in [-0.05, 0) is 25.4 Å². The summed E-state index contributed by atoms with van der Waals surface area (Å²) in [5.74, 6) is 1.92. The van der Waals surface area contributed by atoms with Crippen LogP contribution in [0.5, 0.6) is 0 Å². The van der Waals surface area contributed by atoms with Gasteiger partial charge < -0.3 is 14.2 Å². The summed E-state index contributed by atoms with van der Waals surface area (Å²) in [6, 6.07) is -0.190. The lowest BCUT2D eigenvalue weighted by Crippen LogP contribution is -2.40. The van der Waals surface area contributed by atoms with E-state index in [4.69, 9.17) is 9.72 Å². The van der Waals surface area contributed by atoms with Crippen LogP contribution in [-0.2, 0) is 16.1 Å². The smallest absolute Gasteiger partial charge is 0.415 e. The fraction of sp³-hybridized carbons (Fsp3) is 0.533. The van der Waals surface area contributed by atoms with Gasteiger partial charge in [-0.3, -0.25) is 9.69 Å². The van der Waals surface area contributed by atoms with Crippen molar-refractivity contribution in [3.05, 3.63) is 11.5 Å². The first-order valence-corrected chi connectivity index (χ1v) is 8.87. The van der Waals surface area contributed by atoms with Gasteiger partial charge in [0.25, 0.3) is 0 Å². The van der Waals surface area contributed by atoms with Crippen molar-refractivity contribution in [2.45, 2.75) is 33.4 Å². The summed E-state index contributed by atoms with van der Waals surface area (Å²) in [5.41, 5.74) is 0.836. The highest BCUT2D eigenvalue weighted by Crippen LogP contribution is 2.38. The van der Waals surface area contributed by atoms with E-state index in [2.05, 4.69) is 9.36 Å². The Balaban J connectivity index is 1.88. The molecule has 2 aromatic heterocycles. The lowest BCUT2D eigenvalue weighted by Gasteiger charge is -2.35. The maximum Gasteiger partial charge on any atom is 0.415 e. The van der Waals surface area contributed by atoms with Crippen molar-refractivity contribution in [3.8, 4) is 10.8 Å².